The van der Waals surface area contributed by atoms with Gasteiger partial charge >= 0.3 is 0 Å². The van der Waals surface area contributed by atoms with Gasteiger partial charge in [-0.3, -0.25) is 9.59 Å². The minimum atomic E-state index is -0.680. The Morgan fingerprint density at radius 2 is 2.08 bits per heavy atom. The molecule has 0 aromatic carbocycles. The van der Waals surface area contributed by atoms with E-state index in [1.54, 1.807) is 14.0 Å². The Morgan fingerprint density at radius 1 is 1.46 bits per heavy atom. The molecule has 3 heteroatoms. The van der Waals surface area contributed by atoms with Gasteiger partial charge in [0.25, 0.3) is 0 Å². The second-order valence-electron chi connectivity index (χ2n) is 3.64. The zero-order valence-electron chi connectivity index (χ0n) is 8.16. The van der Waals surface area contributed by atoms with E-state index in [9.17, 15) is 9.59 Å². The highest BCUT2D eigenvalue weighted by Crippen LogP contribution is 2.32. The van der Waals surface area contributed by atoms with E-state index in [-0.39, 0.29) is 24.1 Å². The zero-order valence-corrected chi connectivity index (χ0v) is 8.16. The number of hydrogen-bond acceptors (Lipinski definition) is 3. The molecule has 0 aromatic heterocycles. The molecule has 13 heavy (non-hydrogen) atoms. The summed E-state index contributed by atoms with van der Waals surface area (Å²) < 4.78 is 5.10. The summed E-state index contributed by atoms with van der Waals surface area (Å²) in [7, 11) is 1.55. The van der Waals surface area contributed by atoms with Gasteiger partial charge in [-0.15, -0.1) is 0 Å². The summed E-state index contributed by atoms with van der Waals surface area (Å²) in [5.74, 6) is -0.0348. The first-order chi connectivity index (χ1) is 6.00. The normalized spacial score (nSPS) is 30.7. The van der Waals surface area contributed by atoms with Crippen molar-refractivity contribution < 1.29 is 14.3 Å². The lowest BCUT2D eigenvalue weighted by molar-refractivity contribution is -0.136. The maximum absolute atomic E-state index is 11.5. The van der Waals surface area contributed by atoms with Crippen molar-refractivity contribution in [3.8, 4) is 0 Å². The Hall–Kier alpha value is -0.960. The fourth-order valence-corrected chi connectivity index (χ4v) is 1.47. The highest BCUT2D eigenvalue weighted by molar-refractivity contribution is 6.08. The van der Waals surface area contributed by atoms with Crippen molar-refractivity contribution in [2.75, 3.05) is 7.11 Å². The number of hydrogen-bond donors (Lipinski definition) is 0. The molecule has 0 amide bonds. The SMILES string of the molecule is COC(C)C1(C)CC(=O)C=CC1=O. The van der Waals surface area contributed by atoms with Crippen LogP contribution in [0.5, 0.6) is 0 Å². The standard InChI is InChI=1S/C10H14O3/c1-7(13-3)10(2)6-8(11)4-5-9(10)12/h4-5,7H,6H2,1-3H3. The van der Waals surface area contributed by atoms with Gasteiger partial charge in [-0.2, -0.15) is 0 Å². The van der Waals surface area contributed by atoms with Gasteiger partial charge in [-0.1, -0.05) is 0 Å². The average molecular weight is 182 g/mol. The smallest absolute Gasteiger partial charge is 0.164 e. The van der Waals surface area contributed by atoms with Crippen molar-refractivity contribution >= 4 is 11.6 Å². The molecule has 0 radical (unpaired) electrons. The summed E-state index contributed by atoms with van der Waals surface area (Å²) in [6.07, 6.45) is 2.71. The number of allylic oxidation sites excluding steroid dienone is 2. The Labute approximate surface area is 77.8 Å². The van der Waals surface area contributed by atoms with Gasteiger partial charge in [-0.25, -0.2) is 0 Å². The molecule has 0 heterocycles. The van der Waals surface area contributed by atoms with E-state index in [0.717, 1.165) is 0 Å². The van der Waals surface area contributed by atoms with Crippen molar-refractivity contribution in [1.29, 1.82) is 0 Å². The third-order valence-electron chi connectivity index (χ3n) is 2.78. The van der Waals surface area contributed by atoms with Crippen molar-refractivity contribution in [3.63, 3.8) is 0 Å². The van der Waals surface area contributed by atoms with Gasteiger partial charge in [0.2, 0.25) is 0 Å². The van der Waals surface area contributed by atoms with E-state index in [1.165, 1.54) is 12.2 Å². The molecule has 3 nitrogen and oxygen atoms in total. The third kappa shape index (κ3) is 1.70. The monoisotopic (exact) mass is 182 g/mol. The fourth-order valence-electron chi connectivity index (χ4n) is 1.47. The van der Waals surface area contributed by atoms with Crippen LogP contribution in [-0.2, 0) is 14.3 Å². The lowest BCUT2D eigenvalue weighted by Gasteiger charge is -2.33. The number of methoxy groups -OCH3 is 1. The van der Waals surface area contributed by atoms with E-state index >= 15 is 0 Å². The molecule has 0 spiro atoms. The maximum Gasteiger partial charge on any atom is 0.164 e. The predicted molar refractivity (Wildman–Crippen MR) is 48.3 cm³/mol. The first kappa shape index (κ1) is 10.1. The number of carbonyl (C=O) groups is 2. The molecular weight excluding hydrogens is 168 g/mol. The molecular formula is C10H14O3. The van der Waals surface area contributed by atoms with Crippen LogP contribution >= 0.6 is 0 Å². The van der Waals surface area contributed by atoms with Crippen LogP contribution in [0.3, 0.4) is 0 Å². The highest BCUT2D eigenvalue weighted by atomic mass is 16.5. The van der Waals surface area contributed by atoms with Crippen molar-refractivity contribution in [2.24, 2.45) is 5.41 Å². The van der Waals surface area contributed by atoms with Crippen LogP contribution in [0.15, 0.2) is 12.2 Å². The summed E-state index contributed by atoms with van der Waals surface area (Å²) >= 11 is 0. The first-order valence-electron chi connectivity index (χ1n) is 4.29. The molecule has 0 fully saturated rings. The van der Waals surface area contributed by atoms with Gasteiger partial charge in [0.05, 0.1) is 11.5 Å². The quantitative estimate of drug-likeness (QED) is 0.642. The second kappa shape index (κ2) is 3.42. The highest BCUT2D eigenvalue weighted by Gasteiger charge is 2.41. The van der Waals surface area contributed by atoms with Crippen molar-refractivity contribution in [2.45, 2.75) is 26.4 Å². The summed E-state index contributed by atoms with van der Waals surface area (Å²) in [4.78, 5) is 22.7. The summed E-state index contributed by atoms with van der Waals surface area (Å²) in [6, 6.07) is 0. The van der Waals surface area contributed by atoms with E-state index < -0.39 is 5.41 Å². The fraction of sp³-hybridized carbons (Fsp3) is 0.600. The van der Waals surface area contributed by atoms with E-state index in [2.05, 4.69) is 0 Å². The molecule has 1 aliphatic rings. The number of ether oxygens (including phenoxy) is 1. The van der Waals surface area contributed by atoms with Crippen LogP contribution in [0, 0.1) is 5.41 Å². The molecule has 72 valence electrons. The third-order valence-corrected chi connectivity index (χ3v) is 2.78. The largest absolute Gasteiger partial charge is 0.381 e. The summed E-state index contributed by atoms with van der Waals surface area (Å²) in [5.41, 5.74) is -0.680. The number of carbonyl (C=O) groups excluding carboxylic acids is 2. The van der Waals surface area contributed by atoms with Gasteiger partial charge in [0, 0.05) is 13.5 Å². The van der Waals surface area contributed by atoms with Gasteiger partial charge in [-0.05, 0) is 26.0 Å². The van der Waals surface area contributed by atoms with Crippen LogP contribution in [0.1, 0.15) is 20.3 Å². The van der Waals surface area contributed by atoms with E-state index in [1.807, 2.05) is 6.92 Å². The minimum absolute atomic E-state index is 0.00833. The van der Waals surface area contributed by atoms with Crippen LogP contribution in [0.4, 0.5) is 0 Å². The lowest BCUT2D eigenvalue weighted by atomic mass is 9.73. The van der Waals surface area contributed by atoms with Crippen molar-refractivity contribution in [1.82, 2.24) is 0 Å². The molecule has 1 aliphatic carbocycles. The molecule has 0 aromatic rings. The molecule has 1 rings (SSSR count). The maximum atomic E-state index is 11.5. The molecule has 0 N–H and O–H groups in total. The number of rotatable bonds is 2. The Kier molecular flexibility index (Phi) is 2.66. The molecule has 0 saturated heterocycles. The van der Waals surface area contributed by atoms with Gasteiger partial charge in [0.15, 0.2) is 11.6 Å². The average Bonchev–Trinajstić information content (AvgIpc) is 2.10. The molecule has 2 atom stereocenters. The molecule has 2 unspecified atom stereocenters. The summed E-state index contributed by atoms with van der Waals surface area (Å²) in [5, 5.41) is 0. The Bertz CT molecular complexity index is 267. The molecule has 0 aliphatic heterocycles. The topological polar surface area (TPSA) is 43.4 Å². The zero-order chi connectivity index (χ0) is 10.1. The summed E-state index contributed by atoms with van der Waals surface area (Å²) in [6.45, 7) is 3.58. The van der Waals surface area contributed by atoms with Gasteiger partial charge in [0.1, 0.15) is 0 Å². The molecule has 0 bridgehead atoms. The second-order valence-corrected chi connectivity index (χ2v) is 3.64. The predicted octanol–water partition coefficient (Wildman–Crippen LogP) is 1.13. The van der Waals surface area contributed by atoms with Crippen LogP contribution in [0.25, 0.3) is 0 Å². The lowest BCUT2D eigenvalue weighted by Crippen LogP contribution is -2.42. The van der Waals surface area contributed by atoms with Crippen LogP contribution in [-0.4, -0.2) is 24.8 Å². The Balaban J connectivity index is 2.95. The van der Waals surface area contributed by atoms with Crippen LogP contribution in [0.2, 0.25) is 0 Å². The van der Waals surface area contributed by atoms with E-state index in [4.69, 9.17) is 4.74 Å². The first-order valence-corrected chi connectivity index (χ1v) is 4.29. The number of ketones is 2. The van der Waals surface area contributed by atoms with Crippen LogP contribution < -0.4 is 0 Å². The van der Waals surface area contributed by atoms with Gasteiger partial charge < -0.3 is 4.74 Å². The van der Waals surface area contributed by atoms with E-state index in [0.29, 0.717) is 0 Å². The minimum Gasteiger partial charge on any atom is -0.381 e. The molecule has 0 saturated carbocycles. The van der Waals surface area contributed by atoms with Crippen molar-refractivity contribution in [3.05, 3.63) is 12.2 Å². The Morgan fingerprint density at radius 3 is 2.62 bits per heavy atom.